The molecule has 0 radical (unpaired) electrons. The first-order chi connectivity index (χ1) is 1.73. The fourth-order valence-electron chi connectivity index (χ4n) is 0. The summed E-state index contributed by atoms with van der Waals surface area (Å²) in [6, 6.07) is 0. The van der Waals surface area contributed by atoms with Gasteiger partial charge in [-0.3, -0.25) is 0 Å². The zero-order chi connectivity index (χ0) is 3.58. The van der Waals surface area contributed by atoms with Crippen LogP contribution in [0.2, 0.25) is 0 Å². The fourth-order valence-corrected chi connectivity index (χ4v) is 0. The predicted molar refractivity (Wildman–Crippen MR) is 20.2 cm³/mol. The van der Waals surface area contributed by atoms with E-state index in [1.807, 2.05) is 0 Å². The summed E-state index contributed by atoms with van der Waals surface area (Å²) in [7, 11) is 0. The van der Waals surface area contributed by atoms with Crippen molar-refractivity contribution in [2.75, 3.05) is 0 Å². The summed E-state index contributed by atoms with van der Waals surface area (Å²) in [6.45, 7) is 1.78. The van der Waals surface area contributed by atoms with Gasteiger partial charge in [-0.15, -0.1) is 0 Å². The van der Waals surface area contributed by atoms with Crippen LogP contribution >= 0.6 is 0 Å². The molecule has 0 bridgehead atoms. The molecule has 0 rings (SSSR count). The standard InChI is InChI=1S/C2H5O.Sb.2H/c1-2-3;;;/h2-3H,1H3;;;. The van der Waals surface area contributed by atoms with Crippen molar-refractivity contribution in [1.29, 1.82) is 0 Å². The molecule has 0 aromatic rings. The fraction of sp³-hybridized carbons (Fsp3) is 1.00. The third-order valence-electron chi connectivity index (χ3n) is 0. The third-order valence-corrected chi connectivity index (χ3v) is 0. The Morgan fingerprint density at radius 1 is 2.00 bits per heavy atom. The third kappa shape index (κ3) is 14.5. The van der Waals surface area contributed by atoms with Crippen molar-refractivity contribution < 1.29 is 5.11 Å². The summed E-state index contributed by atoms with van der Waals surface area (Å²) in [6.07, 6.45) is 0. The Morgan fingerprint density at radius 2 is 2.00 bits per heavy atom. The molecule has 0 saturated carbocycles. The van der Waals surface area contributed by atoms with Crippen LogP contribution in [0.1, 0.15) is 6.92 Å². The van der Waals surface area contributed by atoms with E-state index in [-0.39, 0.29) is 4.05 Å². The van der Waals surface area contributed by atoms with E-state index < -0.39 is 0 Å². The number of hydrogen-bond donors (Lipinski definition) is 1. The minimum atomic E-state index is -0.0367. The van der Waals surface area contributed by atoms with Gasteiger partial charge in [0.1, 0.15) is 0 Å². The van der Waals surface area contributed by atoms with Crippen LogP contribution in [0.3, 0.4) is 0 Å². The Kier molecular flexibility index (Phi) is 2.44. The number of rotatable bonds is 0. The van der Waals surface area contributed by atoms with Crippen molar-refractivity contribution in [1.82, 2.24) is 0 Å². The van der Waals surface area contributed by atoms with Gasteiger partial charge in [0, 0.05) is 0 Å². The molecule has 0 amide bonds. The van der Waals surface area contributed by atoms with Crippen molar-refractivity contribution >= 4 is 23.0 Å². The molecule has 26 valence electrons. The van der Waals surface area contributed by atoms with E-state index >= 15 is 0 Å². The van der Waals surface area contributed by atoms with E-state index in [0.717, 1.165) is 23.0 Å². The van der Waals surface area contributed by atoms with Crippen LogP contribution in [0.4, 0.5) is 0 Å². The molecule has 0 saturated heterocycles. The van der Waals surface area contributed by atoms with E-state index in [0.29, 0.717) is 0 Å². The Morgan fingerprint density at radius 3 is 2.00 bits per heavy atom. The van der Waals surface area contributed by atoms with Crippen LogP contribution in [0, 0.1) is 0 Å². The first-order valence-corrected chi connectivity index (χ1v) is 3.07. The molecule has 0 aliphatic carbocycles. The van der Waals surface area contributed by atoms with Crippen LogP contribution in [0.25, 0.3) is 0 Å². The van der Waals surface area contributed by atoms with E-state index in [4.69, 9.17) is 5.11 Å². The van der Waals surface area contributed by atoms with Crippen LogP contribution in [-0.4, -0.2) is 32.2 Å². The van der Waals surface area contributed by atoms with E-state index in [2.05, 4.69) is 0 Å². The molecule has 1 nitrogen and oxygen atoms in total. The summed E-state index contributed by atoms with van der Waals surface area (Å²) in [5, 5.41) is 8.11. The first kappa shape index (κ1) is 4.78. The SMILES string of the molecule is C[CH](O)[SbH2]. The maximum atomic E-state index is 8.11. The summed E-state index contributed by atoms with van der Waals surface area (Å²) in [5.74, 6) is 0. The van der Waals surface area contributed by atoms with Crippen molar-refractivity contribution in [3.63, 3.8) is 0 Å². The summed E-state index contributed by atoms with van der Waals surface area (Å²) < 4.78 is -0.0367. The van der Waals surface area contributed by atoms with Gasteiger partial charge in [0.25, 0.3) is 0 Å². The monoisotopic (exact) mass is 168 g/mol. The normalized spacial score (nSPS) is 15.8. The molecular weight excluding hydrogens is 162 g/mol. The zero-order valence-electron chi connectivity index (χ0n) is 2.60. The van der Waals surface area contributed by atoms with Gasteiger partial charge in [-0.05, 0) is 0 Å². The van der Waals surface area contributed by atoms with Crippen LogP contribution in [-0.2, 0) is 0 Å². The quantitative estimate of drug-likeness (QED) is 0.459. The van der Waals surface area contributed by atoms with Gasteiger partial charge < -0.3 is 0 Å². The number of aliphatic hydroxyl groups is 1. The molecule has 0 aliphatic rings. The average Bonchev–Trinajstić information content (AvgIpc) is 0.811. The number of aliphatic hydroxyl groups excluding tert-OH is 1. The molecule has 2 heteroatoms. The Balaban J connectivity index is 2.32. The Hall–Kier alpha value is 0.778. The molecule has 0 aliphatic heterocycles. The van der Waals surface area contributed by atoms with Crippen molar-refractivity contribution in [3.05, 3.63) is 0 Å². The second-order valence-corrected chi connectivity index (χ2v) is 3.49. The van der Waals surface area contributed by atoms with Gasteiger partial charge in [-0.1, -0.05) is 0 Å². The molecule has 4 heavy (non-hydrogen) atoms. The summed E-state index contributed by atoms with van der Waals surface area (Å²) in [5.41, 5.74) is 0. The van der Waals surface area contributed by atoms with Gasteiger partial charge in [-0.25, -0.2) is 0 Å². The average molecular weight is 169 g/mol. The summed E-state index contributed by atoms with van der Waals surface area (Å²) >= 11 is 0.957. The Bertz CT molecular complexity index is 10.8. The van der Waals surface area contributed by atoms with Gasteiger partial charge in [0.15, 0.2) is 0 Å². The van der Waals surface area contributed by atoms with E-state index in [1.165, 1.54) is 0 Å². The molecule has 1 atom stereocenters. The molecule has 0 fully saturated rings. The van der Waals surface area contributed by atoms with Crippen molar-refractivity contribution in [2.24, 2.45) is 0 Å². The number of hydrogen-bond acceptors (Lipinski definition) is 1. The maximum absolute atomic E-state index is 8.11. The van der Waals surface area contributed by atoms with Crippen molar-refractivity contribution in [3.8, 4) is 0 Å². The van der Waals surface area contributed by atoms with Gasteiger partial charge >= 0.3 is 39.1 Å². The minimum absolute atomic E-state index is 0.0367. The van der Waals surface area contributed by atoms with E-state index in [1.54, 1.807) is 6.92 Å². The molecular formula is C2H7OSb. The molecule has 1 N–H and O–H groups in total. The topological polar surface area (TPSA) is 20.2 Å². The molecule has 0 spiro atoms. The predicted octanol–water partition coefficient (Wildman–Crippen LogP) is -1.04. The van der Waals surface area contributed by atoms with E-state index in [9.17, 15) is 0 Å². The molecule has 1 unspecified atom stereocenters. The molecule has 0 aromatic heterocycles. The van der Waals surface area contributed by atoms with Crippen LogP contribution in [0.5, 0.6) is 0 Å². The second kappa shape index (κ2) is 2.04. The Labute approximate surface area is 39.5 Å². The zero-order valence-corrected chi connectivity index (χ0v) is 5.90. The second-order valence-electron chi connectivity index (χ2n) is 0.741. The van der Waals surface area contributed by atoms with Gasteiger partial charge in [-0.2, -0.15) is 0 Å². The molecule has 0 heterocycles. The summed E-state index contributed by atoms with van der Waals surface area (Å²) in [4.78, 5) is 0. The first-order valence-electron chi connectivity index (χ1n) is 1.17. The van der Waals surface area contributed by atoms with Gasteiger partial charge in [0.05, 0.1) is 0 Å². The van der Waals surface area contributed by atoms with Crippen molar-refractivity contribution in [2.45, 2.75) is 11.0 Å². The molecule has 0 aromatic carbocycles. The van der Waals surface area contributed by atoms with Gasteiger partial charge in [0.2, 0.25) is 0 Å². The van der Waals surface area contributed by atoms with Crippen LogP contribution in [0.15, 0.2) is 0 Å². The van der Waals surface area contributed by atoms with Crippen LogP contribution < -0.4 is 0 Å².